The Bertz CT molecular complexity index is 585. The van der Waals surface area contributed by atoms with E-state index in [-0.39, 0.29) is 12.1 Å². The second-order valence-electron chi connectivity index (χ2n) is 6.58. The number of amides is 2. The third kappa shape index (κ3) is 6.24. The van der Waals surface area contributed by atoms with Crippen molar-refractivity contribution in [1.82, 2.24) is 4.90 Å². The largest absolute Gasteiger partial charge is 0.450 e. The number of ether oxygens (including phenoxy) is 2. The average molecular weight is 362 g/mol. The van der Waals surface area contributed by atoms with Crippen LogP contribution in [0.25, 0.3) is 0 Å². The van der Waals surface area contributed by atoms with E-state index in [2.05, 4.69) is 12.2 Å². The van der Waals surface area contributed by atoms with Gasteiger partial charge < -0.3 is 14.4 Å². The van der Waals surface area contributed by atoms with E-state index in [1.165, 1.54) is 19.3 Å². The minimum atomic E-state index is -0.525. The van der Waals surface area contributed by atoms with Gasteiger partial charge >= 0.3 is 12.2 Å². The second-order valence-corrected chi connectivity index (χ2v) is 6.58. The first kappa shape index (κ1) is 20.1. The van der Waals surface area contributed by atoms with Crippen LogP contribution in [0.1, 0.15) is 58.8 Å². The molecule has 0 radical (unpaired) electrons. The number of rotatable bonds is 7. The van der Waals surface area contributed by atoms with E-state index >= 15 is 0 Å². The first-order valence-corrected chi connectivity index (χ1v) is 9.66. The van der Waals surface area contributed by atoms with Gasteiger partial charge in [0.15, 0.2) is 0 Å². The number of unbranched alkanes of at least 4 members (excludes halogenated alkanes) is 1. The molecule has 1 N–H and O–H groups in total. The van der Waals surface area contributed by atoms with E-state index in [0.717, 1.165) is 32.2 Å². The zero-order chi connectivity index (χ0) is 18.8. The summed E-state index contributed by atoms with van der Waals surface area (Å²) in [5.41, 5.74) is 0.534. The Morgan fingerprint density at radius 2 is 1.96 bits per heavy atom. The molecule has 1 fully saturated rings. The van der Waals surface area contributed by atoms with Gasteiger partial charge in [0.05, 0.1) is 6.61 Å². The Morgan fingerprint density at radius 3 is 2.65 bits per heavy atom. The fourth-order valence-corrected chi connectivity index (χ4v) is 3.23. The fourth-order valence-electron chi connectivity index (χ4n) is 3.23. The molecule has 144 valence electrons. The lowest BCUT2D eigenvalue weighted by molar-refractivity contribution is 0.116. The quantitative estimate of drug-likeness (QED) is 0.725. The molecule has 6 nitrogen and oxygen atoms in total. The normalized spacial score (nSPS) is 14.5. The summed E-state index contributed by atoms with van der Waals surface area (Å²) in [6.07, 6.45) is 6.84. The highest BCUT2D eigenvalue weighted by molar-refractivity contribution is 5.85. The van der Waals surface area contributed by atoms with E-state index in [0.29, 0.717) is 18.0 Å². The number of nitrogens with zero attached hydrogens (tertiary/aromatic N) is 1. The predicted molar refractivity (Wildman–Crippen MR) is 102 cm³/mol. The summed E-state index contributed by atoms with van der Waals surface area (Å²) in [5.74, 6) is 0.418. The fraction of sp³-hybridized carbons (Fsp3) is 0.600. The maximum atomic E-state index is 12.7. The first-order valence-electron chi connectivity index (χ1n) is 9.66. The van der Waals surface area contributed by atoms with Crippen molar-refractivity contribution in [1.29, 1.82) is 0 Å². The Labute approximate surface area is 155 Å². The van der Waals surface area contributed by atoms with Crippen LogP contribution in [0.15, 0.2) is 24.3 Å². The summed E-state index contributed by atoms with van der Waals surface area (Å²) in [5, 5.41) is 2.62. The molecule has 2 amide bonds. The molecule has 1 aromatic rings. The molecule has 0 bridgehead atoms. The lowest BCUT2D eigenvalue weighted by Crippen LogP contribution is -2.43. The van der Waals surface area contributed by atoms with E-state index in [1.54, 1.807) is 31.2 Å². The number of carbonyl (C=O) groups is 2. The summed E-state index contributed by atoms with van der Waals surface area (Å²) >= 11 is 0. The molecule has 1 aromatic carbocycles. The van der Waals surface area contributed by atoms with Crippen LogP contribution in [-0.2, 0) is 4.74 Å². The molecule has 0 aliphatic heterocycles. The van der Waals surface area contributed by atoms with E-state index in [1.807, 2.05) is 4.90 Å². The lowest BCUT2D eigenvalue weighted by Gasteiger charge is -2.33. The summed E-state index contributed by atoms with van der Waals surface area (Å²) in [7, 11) is 0. The Hall–Kier alpha value is -2.24. The summed E-state index contributed by atoms with van der Waals surface area (Å²) < 4.78 is 10.5. The van der Waals surface area contributed by atoms with Gasteiger partial charge in [-0.05, 0) is 38.3 Å². The number of benzene rings is 1. The van der Waals surface area contributed by atoms with Gasteiger partial charge in [0.25, 0.3) is 0 Å². The Kier molecular flexibility index (Phi) is 8.25. The molecule has 1 aliphatic carbocycles. The van der Waals surface area contributed by atoms with Gasteiger partial charge in [0, 0.05) is 24.3 Å². The van der Waals surface area contributed by atoms with Crippen molar-refractivity contribution in [3.8, 4) is 5.75 Å². The standard InChI is InChI=1S/C20H30N2O4/c1-3-5-14-22(17-11-7-6-8-12-17)20(24)26-18-13-9-10-16(15-18)21-19(23)25-4-2/h9-10,13,15,17H,3-8,11-12,14H2,1-2H3,(H,21,23). The molecule has 26 heavy (non-hydrogen) atoms. The molecule has 0 heterocycles. The maximum absolute atomic E-state index is 12.7. The van der Waals surface area contributed by atoms with Crippen LogP contribution in [0, 0.1) is 0 Å². The van der Waals surface area contributed by atoms with Crippen molar-refractivity contribution in [3.63, 3.8) is 0 Å². The zero-order valence-corrected chi connectivity index (χ0v) is 15.8. The molecule has 2 rings (SSSR count). The monoisotopic (exact) mass is 362 g/mol. The minimum Gasteiger partial charge on any atom is -0.450 e. The predicted octanol–water partition coefficient (Wildman–Crippen LogP) is 5.19. The van der Waals surface area contributed by atoms with Crippen LogP contribution in [0.5, 0.6) is 5.75 Å². The molecule has 0 unspecified atom stereocenters. The Balaban J connectivity index is 2.01. The summed E-state index contributed by atoms with van der Waals surface area (Å²) in [6, 6.07) is 7.08. The number of hydrogen-bond acceptors (Lipinski definition) is 4. The molecule has 0 saturated heterocycles. The lowest BCUT2D eigenvalue weighted by atomic mass is 9.94. The van der Waals surface area contributed by atoms with Crippen molar-refractivity contribution in [2.45, 2.75) is 64.8 Å². The smallest absolute Gasteiger partial charge is 0.415 e. The van der Waals surface area contributed by atoms with Gasteiger partial charge in [0.1, 0.15) is 5.75 Å². The molecule has 0 spiro atoms. The van der Waals surface area contributed by atoms with Gasteiger partial charge in [-0.25, -0.2) is 9.59 Å². The first-order chi connectivity index (χ1) is 12.6. The van der Waals surface area contributed by atoms with Crippen molar-refractivity contribution >= 4 is 17.9 Å². The third-order valence-corrected chi connectivity index (χ3v) is 4.56. The van der Waals surface area contributed by atoms with Crippen LogP contribution in [0.4, 0.5) is 15.3 Å². The van der Waals surface area contributed by atoms with Crippen LogP contribution in [0.2, 0.25) is 0 Å². The van der Waals surface area contributed by atoms with Crippen LogP contribution < -0.4 is 10.1 Å². The highest BCUT2D eigenvalue weighted by atomic mass is 16.6. The number of nitrogens with one attached hydrogen (secondary N) is 1. The summed E-state index contributed by atoms with van der Waals surface area (Å²) in [4.78, 5) is 26.2. The SMILES string of the molecule is CCCCN(C(=O)Oc1cccc(NC(=O)OCC)c1)C1CCCCC1. The third-order valence-electron chi connectivity index (χ3n) is 4.56. The van der Waals surface area contributed by atoms with Crippen LogP contribution in [-0.4, -0.2) is 36.3 Å². The minimum absolute atomic E-state index is 0.267. The van der Waals surface area contributed by atoms with Gasteiger partial charge in [-0.1, -0.05) is 38.7 Å². The highest BCUT2D eigenvalue weighted by Gasteiger charge is 2.26. The molecule has 6 heteroatoms. The number of carbonyl (C=O) groups excluding carboxylic acids is 2. The topological polar surface area (TPSA) is 67.9 Å². The van der Waals surface area contributed by atoms with Gasteiger partial charge in [-0.2, -0.15) is 0 Å². The number of hydrogen-bond donors (Lipinski definition) is 1. The van der Waals surface area contributed by atoms with Crippen LogP contribution >= 0.6 is 0 Å². The van der Waals surface area contributed by atoms with E-state index < -0.39 is 6.09 Å². The van der Waals surface area contributed by atoms with Crippen molar-refractivity contribution in [2.24, 2.45) is 0 Å². The van der Waals surface area contributed by atoms with Gasteiger partial charge in [0.2, 0.25) is 0 Å². The van der Waals surface area contributed by atoms with Crippen molar-refractivity contribution < 1.29 is 19.1 Å². The molecule has 1 saturated carbocycles. The van der Waals surface area contributed by atoms with Gasteiger partial charge in [-0.15, -0.1) is 0 Å². The van der Waals surface area contributed by atoms with Crippen LogP contribution in [0.3, 0.4) is 0 Å². The number of anilines is 1. The second kappa shape index (κ2) is 10.7. The molecular weight excluding hydrogens is 332 g/mol. The highest BCUT2D eigenvalue weighted by Crippen LogP contribution is 2.25. The summed E-state index contributed by atoms with van der Waals surface area (Å²) in [6.45, 7) is 4.89. The maximum Gasteiger partial charge on any atom is 0.415 e. The van der Waals surface area contributed by atoms with E-state index in [9.17, 15) is 9.59 Å². The zero-order valence-electron chi connectivity index (χ0n) is 15.8. The molecule has 1 aliphatic rings. The molecule has 0 atom stereocenters. The molecular formula is C20H30N2O4. The van der Waals surface area contributed by atoms with Gasteiger partial charge in [-0.3, -0.25) is 5.32 Å². The van der Waals surface area contributed by atoms with Crippen molar-refractivity contribution in [2.75, 3.05) is 18.5 Å². The Morgan fingerprint density at radius 1 is 1.19 bits per heavy atom. The van der Waals surface area contributed by atoms with E-state index in [4.69, 9.17) is 9.47 Å². The van der Waals surface area contributed by atoms with Crippen molar-refractivity contribution in [3.05, 3.63) is 24.3 Å². The molecule has 0 aromatic heterocycles. The average Bonchev–Trinajstić information content (AvgIpc) is 2.63.